The van der Waals surface area contributed by atoms with Crippen molar-refractivity contribution in [2.75, 3.05) is 7.11 Å². The molecule has 2 aromatic rings. The van der Waals surface area contributed by atoms with E-state index in [1.165, 1.54) is 19.2 Å². The van der Waals surface area contributed by atoms with Gasteiger partial charge in [-0.2, -0.15) is 0 Å². The Hall–Kier alpha value is -2.69. The van der Waals surface area contributed by atoms with Crippen molar-refractivity contribution in [1.82, 2.24) is 5.32 Å². The number of nitrogens with one attached hydrogen (secondary N) is 1. The normalized spacial score (nSPS) is 18.8. The lowest BCUT2D eigenvalue weighted by molar-refractivity contribution is -0.122. The number of hydrogen-bond acceptors (Lipinski definition) is 3. The molecular formula is C19H18FNO3. The third-order valence-electron chi connectivity index (χ3n) is 4.27. The van der Waals surface area contributed by atoms with Crippen LogP contribution in [0.1, 0.15) is 33.8 Å². The number of esters is 1. The summed E-state index contributed by atoms with van der Waals surface area (Å²) in [5, 5.41) is 2.91. The summed E-state index contributed by atoms with van der Waals surface area (Å²) in [4.78, 5) is 23.6. The maximum atomic E-state index is 12.9. The van der Waals surface area contributed by atoms with Gasteiger partial charge < -0.3 is 10.1 Å². The van der Waals surface area contributed by atoms with Crippen LogP contribution in [-0.2, 0) is 16.1 Å². The Balaban J connectivity index is 1.51. The predicted octanol–water partition coefficient (Wildman–Crippen LogP) is 3.03. The lowest BCUT2D eigenvalue weighted by Crippen LogP contribution is -2.24. The fourth-order valence-electron chi connectivity index (χ4n) is 2.76. The zero-order chi connectivity index (χ0) is 17.1. The molecule has 1 aliphatic rings. The molecule has 5 heteroatoms. The van der Waals surface area contributed by atoms with Crippen LogP contribution in [0.5, 0.6) is 0 Å². The fraction of sp³-hybridized carbons (Fsp3) is 0.263. The van der Waals surface area contributed by atoms with E-state index in [0.29, 0.717) is 12.1 Å². The Morgan fingerprint density at radius 2 is 1.79 bits per heavy atom. The number of amides is 1. The minimum Gasteiger partial charge on any atom is -0.465 e. The van der Waals surface area contributed by atoms with Crippen LogP contribution in [-0.4, -0.2) is 19.0 Å². The third-order valence-corrected chi connectivity index (χ3v) is 4.27. The molecule has 1 aliphatic carbocycles. The summed E-state index contributed by atoms with van der Waals surface area (Å²) in [6.45, 7) is 0.410. The van der Waals surface area contributed by atoms with Crippen LogP contribution >= 0.6 is 0 Å². The van der Waals surface area contributed by atoms with Crippen LogP contribution in [0, 0.1) is 11.7 Å². The van der Waals surface area contributed by atoms with Gasteiger partial charge in [-0.3, -0.25) is 4.79 Å². The van der Waals surface area contributed by atoms with Gasteiger partial charge in [-0.25, -0.2) is 9.18 Å². The zero-order valence-electron chi connectivity index (χ0n) is 13.3. The lowest BCUT2D eigenvalue weighted by atomic mass is 10.1. The van der Waals surface area contributed by atoms with Crippen LogP contribution in [0.15, 0.2) is 48.5 Å². The molecule has 4 nitrogen and oxygen atoms in total. The molecule has 1 fully saturated rings. The van der Waals surface area contributed by atoms with Gasteiger partial charge in [0.25, 0.3) is 0 Å². The molecule has 0 spiro atoms. The van der Waals surface area contributed by atoms with Crippen molar-refractivity contribution in [1.29, 1.82) is 0 Å². The maximum absolute atomic E-state index is 12.9. The first kappa shape index (κ1) is 16.2. The van der Waals surface area contributed by atoms with E-state index in [-0.39, 0.29) is 29.5 Å². The maximum Gasteiger partial charge on any atom is 0.337 e. The molecule has 0 heterocycles. The molecule has 2 aromatic carbocycles. The second kappa shape index (κ2) is 6.83. The summed E-state index contributed by atoms with van der Waals surface area (Å²) in [5.74, 6) is -0.528. The minimum absolute atomic E-state index is 0.00127. The largest absolute Gasteiger partial charge is 0.465 e. The standard InChI is InChI=1S/C19H18FNO3/c1-24-19(23)14-4-2-12(3-5-14)11-21-18(22)17-10-16(17)13-6-8-15(20)9-7-13/h2-9,16-17H,10-11H2,1H3,(H,21,22). The smallest absolute Gasteiger partial charge is 0.337 e. The second-order valence-electron chi connectivity index (χ2n) is 5.91. The van der Waals surface area contributed by atoms with E-state index in [1.54, 1.807) is 36.4 Å². The summed E-state index contributed by atoms with van der Waals surface area (Å²) < 4.78 is 17.6. The molecule has 1 saturated carbocycles. The topological polar surface area (TPSA) is 55.4 Å². The first-order chi connectivity index (χ1) is 11.6. The minimum atomic E-state index is -0.384. The number of ether oxygens (including phenoxy) is 1. The van der Waals surface area contributed by atoms with Gasteiger partial charge in [0.15, 0.2) is 0 Å². The highest BCUT2D eigenvalue weighted by molar-refractivity contribution is 5.89. The molecule has 24 heavy (non-hydrogen) atoms. The molecule has 2 atom stereocenters. The Labute approximate surface area is 139 Å². The summed E-state index contributed by atoms with van der Waals surface area (Å²) in [6.07, 6.45) is 0.790. The fourth-order valence-corrected chi connectivity index (χ4v) is 2.76. The number of hydrogen-bond donors (Lipinski definition) is 1. The number of benzene rings is 2. The Kier molecular flexibility index (Phi) is 4.60. The average molecular weight is 327 g/mol. The van der Waals surface area contributed by atoms with Crippen LogP contribution in [0.25, 0.3) is 0 Å². The second-order valence-corrected chi connectivity index (χ2v) is 5.91. The van der Waals surface area contributed by atoms with E-state index >= 15 is 0 Å². The monoisotopic (exact) mass is 327 g/mol. The highest BCUT2D eigenvalue weighted by atomic mass is 19.1. The van der Waals surface area contributed by atoms with Crippen LogP contribution in [0.2, 0.25) is 0 Å². The first-order valence-corrected chi connectivity index (χ1v) is 7.79. The van der Waals surface area contributed by atoms with Crippen LogP contribution < -0.4 is 5.32 Å². The van der Waals surface area contributed by atoms with Crippen molar-refractivity contribution in [3.63, 3.8) is 0 Å². The number of carbonyl (C=O) groups is 2. The molecule has 0 aromatic heterocycles. The van der Waals surface area contributed by atoms with E-state index in [2.05, 4.69) is 10.1 Å². The molecular weight excluding hydrogens is 309 g/mol. The Bertz CT molecular complexity index is 740. The zero-order valence-corrected chi connectivity index (χ0v) is 13.3. The Morgan fingerprint density at radius 3 is 2.42 bits per heavy atom. The molecule has 1 N–H and O–H groups in total. The van der Waals surface area contributed by atoms with Gasteiger partial charge in [-0.05, 0) is 47.7 Å². The molecule has 0 saturated heterocycles. The van der Waals surface area contributed by atoms with Gasteiger partial charge in [0.1, 0.15) is 5.82 Å². The van der Waals surface area contributed by atoms with Gasteiger partial charge in [0.2, 0.25) is 5.91 Å². The van der Waals surface area contributed by atoms with Crippen molar-refractivity contribution in [3.8, 4) is 0 Å². The Morgan fingerprint density at radius 1 is 1.12 bits per heavy atom. The highest BCUT2D eigenvalue weighted by Gasteiger charge is 2.43. The number of methoxy groups -OCH3 is 1. The van der Waals surface area contributed by atoms with E-state index in [0.717, 1.165) is 17.5 Å². The van der Waals surface area contributed by atoms with Gasteiger partial charge in [-0.15, -0.1) is 0 Å². The van der Waals surface area contributed by atoms with Crippen molar-refractivity contribution < 1.29 is 18.7 Å². The quantitative estimate of drug-likeness (QED) is 0.859. The van der Waals surface area contributed by atoms with Crippen molar-refractivity contribution in [3.05, 3.63) is 71.0 Å². The molecule has 124 valence electrons. The average Bonchev–Trinajstić information content (AvgIpc) is 3.41. The number of carbonyl (C=O) groups excluding carboxylic acids is 2. The third kappa shape index (κ3) is 3.62. The molecule has 3 rings (SSSR count). The molecule has 0 radical (unpaired) electrons. The summed E-state index contributed by atoms with van der Waals surface area (Å²) >= 11 is 0. The highest BCUT2D eigenvalue weighted by Crippen LogP contribution is 2.47. The van der Waals surface area contributed by atoms with Gasteiger partial charge in [0, 0.05) is 12.5 Å². The summed E-state index contributed by atoms with van der Waals surface area (Å²) in [6, 6.07) is 13.2. The SMILES string of the molecule is COC(=O)c1ccc(CNC(=O)C2CC2c2ccc(F)cc2)cc1. The van der Waals surface area contributed by atoms with E-state index in [4.69, 9.17) is 0 Å². The number of rotatable bonds is 5. The van der Waals surface area contributed by atoms with Crippen molar-refractivity contribution in [2.24, 2.45) is 5.92 Å². The first-order valence-electron chi connectivity index (χ1n) is 7.79. The summed E-state index contributed by atoms with van der Waals surface area (Å²) in [7, 11) is 1.34. The van der Waals surface area contributed by atoms with Crippen LogP contribution in [0.4, 0.5) is 4.39 Å². The van der Waals surface area contributed by atoms with Crippen LogP contribution in [0.3, 0.4) is 0 Å². The molecule has 0 bridgehead atoms. The molecule has 1 amide bonds. The molecule has 2 unspecified atom stereocenters. The summed E-state index contributed by atoms with van der Waals surface area (Å²) in [5.41, 5.74) is 2.39. The van der Waals surface area contributed by atoms with Gasteiger partial charge >= 0.3 is 5.97 Å². The van der Waals surface area contributed by atoms with E-state index in [9.17, 15) is 14.0 Å². The lowest BCUT2D eigenvalue weighted by Gasteiger charge is -2.06. The predicted molar refractivity (Wildman–Crippen MR) is 86.9 cm³/mol. The molecule has 0 aliphatic heterocycles. The number of halogens is 1. The van der Waals surface area contributed by atoms with Gasteiger partial charge in [-0.1, -0.05) is 24.3 Å². The van der Waals surface area contributed by atoms with Gasteiger partial charge in [0.05, 0.1) is 12.7 Å². The van der Waals surface area contributed by atoms with E-state index in [1.807, 2.05) is 0 Å². The van der Waals surface area contributed by atoms with Crippen molar-refractivity contribution >= 4 is 11.9 Å². The van der Waals surface area contributed by atoms with E-state index < -0.39 is 0 Å². The van der Waals surface area contributed by atoms with Crippen molar-refractivity contribution in [2.45, 2.75) is 18.9 Å².